The van der Waals surface area contributed by atoms with E-state index in [1.807, 2.05) is 0 Å². The molecule has 69 heavy (non-hydrogen) atoms. The third-order valence-electron chi connectivity index (χ3n) is 10.3. The molecule has 28 heteroatoms. The highest BCUT2D eigenvalue weighted by Crippen LogP contribution is 2.49. The number of anilines is 1. The number of hydrogen-bond acceptors (Lipinski definition) is 25. The fourth-order valence-corrected chi connectivity index (χ4v) is 9.82. The molecule has 0 fully saturated rings. The summed E-state index contributed by atoms with van der Waals surface area (Å²) in [7, 11) is -5.21. The van der Waals surface area contributed by atoms with Gasteiger partial charge in [0.1, 0.15) is 33.6 Å². The molecule has 3 heterocycles. The van der Waals surface area contributed by atoms with Gasteiger partial charge in [0.2, 0.25) is 11.0 Å². The van der Waals surface area contributed by atoms with Crippen LogP contribution in [0.5, 0.6) is 11.6 Å². The van der Waals surface area contributed by atoms with Crippen molar-refractivity contribution in [2.24, 2.45) is 30.7 Å². The summed E-state index contributed by atoms with van der Waals surface area (Å²) in [5.74, 6) is -1.14. The van der Waals surface area contributed by atoms with Crippen molar-refractivity contribution in [3.63, 3.8) is 0 Å². The number of pyridine rings is 1. The molecule has 7 N–H and O–H groups in total. The Labute approximate surface area is 400 Å². The molecule has 0 radical (unpaired) electrons. The number of imidazole rings is 1. The molecular formula is C41H33N11O13S4. The molecule has 0 amide bonds. The van der Waals surface area contributed by atoms with Gasteiger partial charge in [-0.3, -0.25) is 8.95 Å². The van der Waals surface area contributed by atoms with E-state index in [1.165, 1.54) is 28.7 Å². The Hall–Kier alpha value is -6.82. The Bertz CT molecular complexity index is 3540. The number of phenols is 1. The topological polar surface area (TPSA) is 344 Å². The summed E-state index contributed by atoms with van der Waals surface area (Å²) in [6.45, 7) is 2.60. The Balaban J connectivity index is 1.21. The average molecular weight is 1020 g/mol. The van der Waals surface area contributed by atoms with Gasteiger partial charge in [-0.2, -0.15) is 13.7 Å². The molecule has 5 aromatic carbocycles. The number of para-hydroxylation sites is 2. The first kappa shape index (κ1) is 48.6. The minimum absolute atomic E-state index is 0.0296. The maximum atomic E-state index is 13.2. The van der Waals surface area contributed by atoms with E-state index < -0.39 is 32.3 Å². The van der Waals surface area contributed by atoms with E-state index in [9.17, 15) is 38.7 Å². The summed E-state index contributed by atoms with van der Waals surface area (Å²) in [5.41, 5.74) is 2.27. The van der Waals surface area contributed by atoms with Crippen LogP contribution in [0.25, 0.3) is 37.7 Å². The first-order valence-electron chi connectivity index (χ1n) is 19.7. The zero-order chi connectivity index (χ0) is 49.0. The number of rotatable bonds is 18. The third kappa shape index (κ3) is 9.89. The summed E-state index contributed by atoms with van der Waals surface area (Å²) in [5, 5.41) is 104. The second kappa shape index (κ2) is 20.8. The van der Waals surface area contributed by atoms with Crippen LogP contribution in [0.2, 0.25) is 0 Å². The van der Waals surface area contributed by atoms with E-state index in [0.717, 1.165) is 28.9 Å². The molecule has 0 aliphatic rings. The fraction of sp³-hybridized carbons (Fsp3) is 0.146. The second-order valence-electron chi connectivity index (χ2n) is 14.3. The van der Waals surface area contributed by atoms with Crippen LogP contribution < -0.4 is 4.90 Å². The van der Waals surface area contributed by atoms with Crippen molar-refractivity contribution in [2.45, 2.75) is 28.5 Å². The van der Waals surface area contributed by atoms with Gasteiger partial charge in [-0.05, 0) is 80.1 Å². The molecule has 0 atom stereocenters. The molecule has 354 valence electrons. The summed E-state index contributed by atoms with van der Waals surface area (Å²) < 4.78 is 48.2. The summed E-state index contributed by atoms with van der Waals surface area (Å²) in [4.78, 5) is 10.1. The number of aromatic hydroxyl groups is 2. The lowest BCUT2D eigenvalue weighted by molar-refractivity contribution is -0.432. The van der Waals surface area contributed by atoms with Gasteiger partial charge in [0, 0.05) is 34.3 Å². The van der Waals surface area contributed by atoms with Gasteiger partial charge >= 0.3 is 0 Å². The summed E-state index contributed by atoms with van der Waals surface area (Å²) in [6, 6.07) is 20.7. The van der Waals surface area contributed by atoms with Crippen molar-refractivity contribution in [1.82, 2.24) is 14.4 Å². The van der Waals surface area contributed by atoms with E-state index in [-0.39, 0.29) is 87.9 Å². The van der Waals surface area contributed by atoms with E-state index in [4.69, 9.17) is 10.5 Å². The van der Waals surface area contributed by atoms with Gasteiger partial charge in [0.15, 0.2) is 17.1 Å². The van der Waals surface area contributed by atoms with Gasteiger partial charge in [0.25, 0.3) is 10.1 Å². The van der Waals surface area contributed by atoms with E-state index >= 15 is 0 Å². The highest BCUT2D eigenvalue weighted by atomic mass is 32.2. The number of phenolic OH excluding ortho intramolecular Hbond substituents is 1. The summed E-state index contributed by atoms with van der Waals surface area (Å²) >= 11 is 2.30. The molecule has 0 unspecified atom stereocenters. The van der Waals surface area contributed by atoms with E-state index in [1.54, 1.807) is 66.4 Å². The highest BCUT2D eigenvalue weighted by Gasteiger charge is 2.27. The minimum Gasteiger partial charge on any atom is -0.505 e. The van der Waals surface area contributed by atoms with Crippen molar-refractivity contribution in [2.75, 3.05) is 31.2 Å². The zero-order valence-corrected chi connectivity index (χ0v) is 38.7. The van der Waals surface area contributed by atoms with Crippen LogP contribution >= 0.6 is 35.4 Å². The molecule has 0 aliphatic heterocycles. The van der Waals surface area contributed by atoms with Crippen LogP contribution in [0.15, 0.2) is 118 Å². The van der Waals surface area contributed by atoms with E-state index in [2.05, 4.69) is 65.5 Å². The number of fused-ring (bicyclic) bond motifs is 5. The molecule has 0 saturated heterocycles. The maximum Gasteiger partial charge on any atom is 0.297 e. The number of aromatic nitrogens is 3. The number of nitrogens with zero attached hydrogens (tertiary/aromatic N) is 11. The molecule has 0 saturated carbocycles. The van der Waals surface area contributed by atoms with Crippen LogP contribution in [0, 0.1) is 25.2 Å². The normalized spacial score (nSPS) is 12.3. The SMILES string of the molecule is Cc1cc(N=Nc2c(SOOO)cc3c(S(=O)(=O)O)c(N=Nc4c(C)c(C#N)c5nc6ccccc6n5c4O)ccc3c2O)c(N(CCO)CCO)cc1N=Nc1nc2ccc(SOOO)cc2s1. The number of benzene rings is 5. The zero-order valence-electron chi connectivity index (χ0n) is 35.4. The highest BCUT2D eigenvalue weighted by molar-refractivity contribution is 7.95. The number of nitriles is 1. The number of aliphatic hydroxyl groups is 2. The van der Waals surface area contributed by atoms with Crippen LogP contribution in [0.1, 0.15) is 16.7 Å². The first-order chi connectivity index (χ1) is 33.3. The Morgan fingerprint density at radius 1 is 0.797 bits per heavy atom. The van der Waals surface area contributed by atoms with Gasteiger partial charge < -0.3 is 25.3 Å². The smallest absolute Gasteiger partial charge is 0.297 e. The molecule has 0 aliphatic carbocycles. The third-order valence-corrected chi connectivity index (χ3v) is 13.3. The molecule has 8 aromatic rings. The number of aryl methyl sites for hydroxylation is 1. The number of thiazole rings is 1. The molecule has 3 aromatic heterocycles. The van der Waals surface area contributed by atoms with Crippen molar-refractivity contribution in [3.8, 4) is 17.7 Å². The lowest BCUT2D eigenvalue weighted by atomic mass is 10.1. The lowest BCUT2D eigenvalue weighted by Crippen LogP contribution is -2.29. The second-order valence-corrected chi connectivity index (χ2v) is 18.2. The van der Waals surface area contributed by atoms with Crippen LogP contribution in [-0.2, 0) is 28.9 Å². The Kier molecular flexibility index (Phi) is 14.7. The monoisotopic (exact) mass is 1020 g/mol. The van der Waals surface area contributed by atoms with Gasteiger partial charge in [-0.25, -0.2) is 20.5 Å². The van der Waals surface area contributed by atoms with Gasteiger partial charge in [-0.1, -0.05) is 33.5 Å². The van der Waals surface area contributed by atoms with Crippen molar-refractivity contribution in [1.29, 1.82) is 5.26 Å². The maximum absolute atomic E-state index is 13.2. The molecule has 24 nitrogen and oxygen atoms in total. The molecule has 0 spiro atoms. The van der Waals surface area contributed by atoms with Crippen LogP contribution in [-0.4, -0.2) is 84.6 Å². The van der Waals surface area contributed by atoms with Gasteiger partial charge in [-0.15, -0.1) is 39.4 Å². The van der Waals surface area contributed by atoms with Crippen molar-refractivity contribution in [3.05, 3.63) is 89.5 Å². The van der Waals surface area contributed by atoms with Crippen LogP contribution in [0.4, 0.5) is 39.3 Å². The Morgan fingerprint density at radius 3 is 2.23 bits per heavy atom. The van der Waals surface area contributed by atoms with Crippen LogP contribution in [0.3, 0.4) is 0 Å². The van der Waals surface area contributed by atoms with Crippen molar-refractivity contribution >= 4 is 122 Å². The first-order valence-corrected chi connectivity index (χ1v) is 23.4. The summed E-state index contributed by atoms with van der Waals surface area (Å²) in [6.07, 6.45) is 0. The minimum atomic E-state index is -5.21. The number of azo groups is 3. The van der Waals surface area contributed by atoms with Gasteiger partial charge in [0.05, 0.1) is 74.8 Å². The lowest BCUT2D eigenvalue weighted by Gasteiger charge is -2.25. The van der Waals surface area contributed by atoms with Crippen molar-refractivity contribution < 1.29 is 62.7 Å². The Morgan fingerprint density at radius 2 is 1.51 bits per heavy atom. The molecule has 8 rings (SSSR count). The average Bonchev–Trinajstić information content (AvgIpc) is 3.93. The largest absolute Gasteiger partial charge is 0.505 e. The predicted molar refractivity (Wildman–Crippen MR) is 250 cm³/mol. The standard InChI is InChI=1S/C41H33N11O13S4/c1-20-15-30(32(51(11-13-53)12-14-54)18-29(20)46-50-41-44-27-9-7-22(67-64-62-57)16-33(27)66-41)47-49-36-34(68-65-63-58)17-24-23(37(36)55)8-10-28(38(24)69(59,60)61)45-48-35-21(2)25(19-42)39-43-26-5-3-4-6-31(26)52(39)40(35)56/h3-10,15-18,53-58H,11-14H2,1-2H3,(H,59,60,61). The fourth-order valence-electron chi connectivity index (χ4n) is 7.22. The molecular weight excluding hydrogens is 983 g/mol. The quantitative estimate of drug-likeness (QED) is 0.0138. The van der Waals surface area contributed by atoms with E-state index in [0.29, 0.717) is 43.5 Å². The number of hydrogen-bond donors (Lipinski definition) is 7. The molecule has 0 bridgehead atoms. The number of aliphatic hydroxyl groups excluding tert-OH is 2. The predicted octanol–water partition coefficient (Wildman–Crippen LogP) is 10.3.